The van der Waals surface area contributed by atoms with Gasteiger partial charge in [-0.25, -0.2) is 13.2 Å². The Kier molecular flexibility index (Phi) is 6.07. The molecule has 0 aliphatic rings. The van der Waals surface area contributed by atoms with Crippen LogP contribution in [0.2, 0.25) is 0 Å². The summed E-state index contributed by atoms with van der Waals surface area (Å²) >= 11 is 0. The summed E-state index contributed by atoms with van der Waals surface area (Å²) in [6.45, 7) is 1.47. The second-order valence-corrected chi connectivity index (χ2v) is 7.68. The van der Waals surface area contributed by atoms with E-state index < -0.39 is 22.1 Å². The van der Waals surface area contributed by atoms with Gasteiger partial charge in [0.1, 0.15) is 0 Å². The Morgan fingerprint density at radius 3 is 2.52 bits per heavy atom. The van der Waals surface area contributed by atoms with E-state index in [-0.39, 0.29) is 22.9 Å². The summed E-state index contributed by atoms with van der Waals surface area (Å²) in [4.78, 5) is 12.3. The molecule has 2 aromatic carbocycles. The van der Waals surface area contributed by atoms with Crippen molar-refractivity contribution in [3.63, 3.8) is 0 Å². The quantitative estimate of drug-likeness (QED) is 0.470. The highest BCUT2D eigenvalue weighted by molar-refractivity contribution is 7.89. The first-order chi connectivity index (χ1) is 13.9. The molecule has 0 radical (unpaired) electrons. The van der Waals surface area contributed by atoms with E-state index in [1.54, 1.807) is 6.92 Å². The molecule has 3 rings (SSSR count). The van der Waals surface area contributed by atoms with Crippen molar-refractivity contribution in [3.8, 4) is 23.8 Å². The van der Waals surface area contributed by atoms with Gasteiger partial charge >= 0.3 is 5.97 Å². The van der Waals surface area contributed by atoms with Gasteiger partial charge < -0.3 is 9.15 Å². The minimum absolute atomic E-state index is 0.0123. The van der Waals surface area contributed by atoms with Crippen molar-refractivity contribution in [2.75, 3.05) is 6.54 Å². The van der Waals surface area contributed by atoms with E-state index in [9.17, 15) is 13.2 Å². The Bertz CT molecular complexity index is 1130. The molecule has 1 aromatic heterocycles. The van der Waals surface area contributed by atoms with Gasteiger partial charge in [0.25, 0.3) is 5.89 Å². The Hall–Kier alpha value is -3.48. The number of rotatable bonds is 7. The number of hydrogen-bond acceptors (Lipinski definition) is 7. The fourth-order valence-corrected chi connectivity index (χ4v) is 3.30. The van der Waals surface area contributed by atoms with Crippen LogP contribution in [0.4, 0.5) is 0 Å². The van der Waals surface area contributed by atoms with Crippen LogP contribution in [-0.2, 0) is 14.8 Å². The molecule has 1 heterocycles. The van der Waals surface area contributed by atoms with E-state index in [1.807, 2.05) is 30.3 Å². The molecule has 1 atom stereocenters. The van der Waals surface area contributed by atoms with Gasteiger partial charge in [0.2, 0.25) is 15.9 Å². The second kappa shape index (κ2) is 8.68. The van der Waals surface area contributed by atoms with Gasteiger partial charge in [0, 0.05) is 5.56 Å². The molecule has 1 unspecified atom stereocenters. The molecule has 0 saturated heterocycles. The number of aromatic nitrogens is 2. The van der Waals surface area contributed by atoms with Crippen molar-refractivity contribution in [2.24, 2.45) is 0 Å². The van der Waals surface area contributed by atoms with E-state index in [0.717, 1.165) is 5.56 Å². The fourth-order valence-electron chi connectivity index (χ4n) is 2.37. The zero-order valence-electron chi connectivity index (χ0n) is 15.4. The molecule has 0 saturated carbocycles. The van der Waals surface area contributed by atoms with Gasteiger partial charge in [-0.1, -0.05) is 24.1 Å². The summed E-state index contributed by atoms with van der Waals surface area (Å²) in [5.41, 5.74) is 0.926. The van der Waals surface area contributed by atoms with E-state index in [1.165, 1.54) is 24.3 Å². The molecular weight excluding hydrogens is 394 g/mol. The van der Waals surface area contributed by atoms with Crippen LogP contribution in [0.25, 0.3) is 11.5 Å². The predicted octanol–water partition coefficient (Wildman–Crippen LogP) is 2.57. The number of nitrogens with one attached hydrogen (secondary N) is 1. The molecule has 0 spiro atoms. The maximum Gasteiger partial charge on any atom is 0.338 e. The smallest absolute Gasteiger partial charge is 0.338 e. The van der Waals surface area contributed by atoms with Crippen LogP contribution in [0.1, 0.15) is 29.3 Å². The lowest BCUT2D eigenvalue weighted by atomic mass is 10.2. The van der Waals surface area contributed by atoms with E-state index in [2.05, 4.69) is 20.8 Å². The number of hydrogen-bond donors (Lipinski definition) is 1. The number of sulfonamides is 1. The first kappa shape index (κ1) is 20.3. The van der Waals surface area contributed by atoms with Gasteiger partial charge in [-0.2, -0.15) is 4.72 Å². The van der Waals surface area contributed by atoms with E-state index in [0.29, 0.717) is 5.89 Å². The van der Waals surface area contributed by atoms with Crippen molar-refractivity contribution < 1.29 is 22.4 Å². The second-order valence-electron chi connectivity index (χ2n) is 5.91. The molecule has 9 heteroatoms. The molecular formula is C20H17N3O5S. The standard InChI is InChI=1S/C20H17N3O5S/c1-3-13-21-29(25,26)17-11-9-16(10-12-17)20(24)27-14(2)18-22-23-19(28-18)15-7-5-4-6-8-15/h1,4-12,14,21H,13H2,2H3. The minimum Gasteiger partial charge on any atom is -0.449 e. The highest BCUT2D eigenvalue weighted by atomic mass is 32.2. The molecule has 148 valence electrons. The number of terminal acetylenes is 1. The number of ether oxygens (including phenoxy) is 1. The summed E-state index contributed by atoms with van der Waals surface area (Å²) < 4.78 is 37.1. The van der Waals surface area contributed by atoms with Crippen molar-refractivity contribution in [1.82, 2.24) is 14.9 Å². The monoisotopic (exact) mass is 411 g/mol. The summed E-state index contributed by atoms with van der Waals surface area (Å²) in [7, 11) is -3.73. The highest BCUT2D eigenvalue weighted by Crippen LogP contribution is 2.23. The average Bonchev–Trinajstić information content (AvgIpc) is 3.23. The van der Waals surface area contributed by atoms with Crippen LogP contribution in [-0.4, -0.2) is 31.1 Å². The van der Waals surface area contributed by atoms with Gasteiger partial charge in [0.15, 0.2) is 6.10 Å². The number of benzene rings is 2. The van der Waals surface area contributed by atoms with Crippen molar-refractivity contribution in [1.29, 1.82) is 0 Å². The zero-order valence-corrected chi connectivity index (χ0v) is 16.2. The zero-order chi connectivity index (χ0) is 20.9. The van der Waals surface area contributed by atoms with Gasteiger partial charge in [-0.15, -0.1) is 16.6 Å². The van der Waals surface area contributed by atoms with Crippen LogP contribution in [0, 0.1) is 12.3 Å². The van der Waals surface area contributed by atoms with Gasteiger partial charge in [-0.3, -0.25) is 0 Å². The maximum atomic E-state index is 12.3. The Morgan fingerprint density at radius 2 is 1.86 bits per heavy atom. The van der Waals surface area contributed by atoms with Crippen molar-refractivity contribution >= 4 is 16.0 Å². The van der Waals surface area contributed by atoms with Crippen LogP contribution >= 0.6 is 0 Å². The lowest BCUT2D eigenvalue weighted by molar-refractivity contribution is 0.0279. The lowest BCUT2D eigenvalue weighted by Gasteiger charge is -2.10. The first-order valence-corrected chi connectivity index (χ1v) is 10.0. The SMILES string of the molecule is C#CCNS(=O)(=O)c1ccc(C(=O)OC(C)c2nnc(-c3ccccc3)o2)cc1. The van der Waals surface area contributed by atoms with Crippen LogP contribution < -0.4 is 4.72 Å². The average molecular weight is 411 g/mol. The van der Waals surface area contributed by atoms with Crippen molar-refractivity contribution in [2.45, 2.75) is 17.9 Å². The molecule has 3 aromatic rings. The predicted molar refractivity (Wildman–Crippen MR) is 104 cm³/mol. The van der Waals surface area contributed by atoms with E-state index in [4.69, 9.17) is 15.6 Å². The molecule has 29 heavy (non-hydrogen) atoms. The normalized spacial score (nSPS) is 12.1. The number of carbonyl (C=O) groups excluding carboxylic acids is 1. The van der Waals surface area contributed by atoms with Crippen LogP contribution in [0.15, 0.2) is 63.9 Å². The summed E-state index contributed by atoms with van der Waals surface area (Å²) in [5.74, 6) is 2.00. The number of carbonyl (C=O) groups is 1. The third-order valence-corrected chi connectivity index (χ3v) is 5.27. The minimum atomic E-state index is -3.73. The molecule has 0 aliphatic heterocycles. The summed E-state index contributed by atoms with van der Waals surface area (Å²) in [5, 5.41) is 7.87. The lowest BCUT2D eigenvalue weighted by Crippen LogP contribution is -2.24. The maximum absolute atomic E-state index is 12.3. The Balaban J connectivity index is 1.67. The molecule has 1 N–H and O–H groups in total. The largest absolute Gasteiger partial charge is 0.449 e. The highest BCUT2D eigenvalue weighted by Gasteiger charge is 2.21. The first-order valence-electron chi connectivity index (χ1n) is 8.53. The summed E-state index contributed by atoms with van der Waals surface area (Å²) in [6, 6.07) is 14.5. The molecule has 8 nitrogen and oxygen atoms in total. The van der Waals surface area contributed by atoms with Gasteiger partial charge in [-0.05, 0) is 43.3 Å². The number of esters is 1. The Labute approximate surface area is 168 Å². The van der Waals surface area contributed by atoms with Gasteiger partial charge in [0.05, 0.1) is 17.0 Å². The van der Waals surface area contributed by atoms with Crippen LogP contribution in [0.3, 0.4) is 0 Å². The molecule has 0 amide bonds. The summed E-state index contributed by atoms with van der Waals surface area (Å²) in [6.07, 6.45) is 4.27. The number of nitrogens with zero attached hydrogens (tertiary/aromatic N) is 2. The third kappa shape index (κ3) is 4.87. The fraction of sp³-hybridized carbons (Fsp3) is 0.150. The van der Waals surface area contributed by atoms with Crippen molar-refractivity contribution in [3.05, 3.63) is 66.1 Å². The van der Waals surface area contributed by atoms with Crippen LogP contribution in [0.5, 0.6) is 0 Å². The molecule has 0 aliphatic carbocycles. The van der Waals surface area contributed by atoms with E-state index >= 15 is 0 Å². The molecule has 0 fully saturated rings. The Morgan fingerprint density at radius 1 is 1.17 bits per heavy atom. The topological polar surface area (TPSA) is 111 Å². The molecule has 0 bridgehead atoms. The third-order valence-electron chi connectivity index (χ3n) is 3.86.